The summed E-state index contributed by atoms with van der Waals surface area (Å²) in [6.07, 6.45) is -11.3. The van der Waals surface area contributed by atoms with Crippen molar-refractivity contribution in [3.63, 3.8) is 0 Å². The van der Waals surface area contributed by atoms with Crippen LogP contribution in [0.4, 0.5) is 39.5 Å². The van der Waals surface area contributed by atoms with Gasteiger partial charge in [0.2, 0.25) is 11.8 Å². The second-order valence-electron chi connectivity index (χ2n) is 11.2. The molecule has 1 aliphatic rings. The van der Waals surface area contributed by atoms with E-state index in [2.05, 4.69) is 10.6 Å². The molecule has 0 aliphatic carbocycles. The molecule has 55 heavy (non-hydrogen) atoms. The third-order valence-corrected chi connectivity index (χ3v) is 6.81. The first kappa shape index (κ1) is 49.8. The number of carbonyl (C=O) groups excluding carboxylic acids is 4. The summed E-state index contributed by atoms with van der Waals surface area (Å²) < 4.78 is 114. The number of likely N-dealkylation sites (tertiary alicyclic amines) is 1. The number of hydrogen-bond donors (Lipinski definition) is 6. The maximum absolute atomic E-state index is 13.9. The Morgan fingerprint density at radius 2 is 1.35 bits per heavy atom. The number of esters is 2. The number of hydrogen-bond acceptors (Lipinski definition) is 11. The van der Waals surface area contributed by atoms with Crippen LogP contribution in [0.2, 0.25) is 0 Å². The predicted molar refractivity (Wildman–Crippen MR) is 164 cm³/mol. The average molecular weight is 817 g/mol. The first-order chi connectivity index (χ1) is 25.2. The van der Waals surface area contributed by atoms with Gasteiger partial charge in [-0.05, 0) is 38.8 Å². The third kappa shape index (κ3) is 18.1. The van der Waals surface area contributed by atoms with Crippen molar-refractivity contribution in [2.75, 3.05) is 19.8 Å². The molecule has 0 aromatic heterocycles. The molecule has 1 unspecified atom stereocenters. The quantitative estimate of drug-likeness (QED) is 0.0888. The van der Waals surface area contributed by atoms with E-state index in [1.54, 1.807) is 13.8 Å². The van der Waals surface area contributed by atoms with E-state index in [1.807, 2.05) is 0 Å². The molecule has 1 aromatic carbocycles. The molecular weight excluding hydrogens is 779 g/mol. The lowest BCUT2D eigenvalue weighted by molar-refractivity contribution is -0.193. The van der Waals surface area contributed by atoms with Crippen molar-refractivity contribution in [1.82, 2.24) is 15.5 Å². The number of alkyl halides is 6. The zero-order valence-corrected chi connectivity index (χ0v) is 28.9. The van der Waals surface area contributed by atoms with Crippen LogP contribution in [-0.4, -0.2) is 124 Å². The molecule has 0 saturated carbocycles. The molecule has 1 aromatic rings. The fourth-order valence-electron chi connectivity index (χ4n) is 4.48. The Morgan fingerprint density at radius 3 is 1.80 bits per heavy atom. The summed E-state index contributed by atoms with van der Waals surface area (Å²) in [7, 11) is 0. The molecule has 1 heterocycles. The van der Waals surface area contributed by atoms with E-state index in [0.29, 0.717) is 12.1 Å². The molecule has 5 atom stereocenters. The normalized spacial score (nSPS) is 16.9. The Bertz CT molecular complexity index is 1500. The molecule has 1 saturated heterocycles. The van der Waals surface area contributed by atoms with Crippen LogP contribution in [0, 0.1) is 17.5 Å². The zero-order chi connectivity index (χ0) is 43.0. The summed E-state index contributed by atoms with van der Waals surface area (Å²) in [5.41, 5.74) is 5.68. The van der Waals surface area contributed by atoms with Gasteiger partial charge in [0.25, 0.3) is 0 Å². The highest BCUT2D eigenvalue weighted by atomic mass is 19.4. The van der Waals surface area contributed by atoms with Crippen LogP contribution in [0.25, 0.3) is 0 Å². The van der Waals surface area contributed by atoms with Crippen LogP contribution in [0.3, 0.4) is 0 Å². The number of rotatable bonds is 14. The van der Waals surface area contributed by atoms with Crippen molar-refractivity contribution < 1.29 is 97.9 Å². The zero-order valence-electron chi connectivity index (χ0n) is 28.9. The maximum atomic E-state index is 13.9. The van der Waals surface area contributed by atoms with Crippen LogP contribution in [0.1, 0.15) is 45.6 Å². The van der Waals surface area contributed by atoms with Gasteiger partial charge in [-0.25, -0.2) is 27.6 Å². The second kappa shape index (κ2) is 22.2. The SMILES string of the molecule is CCOC(=O)CC(N[C@@H](C)C(=O)N1C[C@@H](NC(=O)C[C@H](N)Cc2cc(F)c(F)cc2F)C[C@H]1C(=O)O)C(=O)OCC.O=C(O)C(F)(F)F.O=C(O)C(F)(F)F. The summed E-state index contributed by atoms with van der Waals surface area (Å²) >= 11 is 0. The second-order valence-corrected chi connectivity index (χ2v) is 11.2. The highest BCUT2D eigenvalue weighted by Gasteiger charge is 2.42. The number of benzene rings is 1. The summed E-state index contributed by atoms with van der Waals surface area (Å²) in [6.45, 7) is 4.47. The lowest BCUT2D eigenvalue weighted by Crippen LogP contribution is -2.54. The van der Waals surface area contributed by atoms with Gasteiger partial charge in [0.15, 0.2) is 11.6 Å². The third-order valence-electron chi connectivity index (χ3n) is 6.81. The van der Waals surface area contributed by atoms with Crippen LogP contribution in [0.15, 0.2) is 12.1 Å². The average Bonchev–Trinajstić information content (AvgIpc) is 3.46. The Morgan fingerprint density at radius 1 is 0.855 bits per heavy atom. The number of nitrogens with one attached hydrogen (secondary N) is 2. The van der Waals surface area contributed by atoms with Gasteiger partial charge in [-0.15, -0.1) is 0 Å². The van der Waals surface area contributed by atoms with Crippen LogP contribution in [0.5, 0.6) is 0 Å². The predicted octanol–water partition coefficient (Wildman–Crippen LogP) is 1.66. The minimum Gasteiger partial charge on any atom is -0.480 e. The highest BCUT2D eigenvalue weighted by molar-refractivity contribution is 5.89. The van der Waals surface area contributed by atoms with Crippen molar-refractivity contribution in [2.45, 2.75) is 89.0 Å². The van der Waals surface area contributed by atoms with Crippen molar-refractivity contribution >= 4 is 41.7 Å². The van der Waals surface area contributed by atoms with E-state index in [9.17, 15) is 68.6 Å². The van der Waals surface area contributed by atoms with Gasteiger partial charge in [-0.1, -0.05) is 0 Å². The van der Waals surface area contributed by atoms with Gasteiger partial charge < -0.3 is 40.7 Å². The molecule has 0 spiro atoms. The summed E-state index contributed by atoms with van der Waals surface area (Å²) in [5.74, 6) is -13.3. The smallest absolute Gasteiger partial charge is 0.480 e. The van der Waals surface area contributed by atoms with Crippen LogP contribution in [-0.2, 0) is 49.5 Å². The molecule has 0 radical (unpaired) electrons. The monoisotopic (exact) mass is 816 g/mol. The van der Waals surface area contributed by atoms with E-state index < -0.39 is 108 Å². The van der Waals surface area contributed by atoms with Crippen LogP contribution >= 0.6 is 0 Å². The fraction of sp³-hybridized carbons (Fsp3) is 0.567. The van der Waals surface area contributed by atoms with Crippen molar-refractivity contribution in [1.29, 1.82) is 0 Å². The number of halogens is 9. The Kier molecular flexibility index (Phi) is 20.1. The molecule has 7 N–H and O–H groups in total. The molecule has 0 bridgehead atoms. The molecule has 25 heteroatoms. The molecular formula is C30H37F9N4O12. The molecule has 1 fully saturated rings. The van der Waals surface area contributed by atoms with Crippen LogP contribution < -0.4 is 16.4 Å². The number of nitrogens with two attached hydrogens (primary N) is 1. The summed E-state index contributed by atoms with van der Waals surface area (Å²) in [6, 6.07) is -4.33. The first-order valence-corrected chi connectivity index (χ1v) is 15.6. The molecule has 1 aliphatic heterocycles. The number of amides is 2. The Balaban J connectivity index is 0.00000175. The number of ether oxygens (including phenoxy) is 2. The van der Waals surface area contributed by atoms with Gasteiger partial charge >= 0.3 is 42.2 Å². The minimum absolute atomic E-state index is 0.0240. The Hall–Kier alpha value is -5.20. The van der Waals surface area contributed by atoms with Gasteiger partial charge in [-0.2, -0.15) is 26.3 Å². The van der Waals surface area contributed by atoms with E-state index in [-0.39, 0.29) is 44.6 Å². The lowest BCUT2D eigenvalue weighted by atomic mass is 10.0. The van der Waals surface area contributed by atoms with Gasteiger partial charge in [0.1, 0.15) is 17.9 Å². The number of carboxylic acid groups (broad SMARTS) is 3. The highest BCUT2D eigenvalue weighted by Crippen LogP contribution is 2.21. The van der Waals surface area contributed by atoms with Crippen molar-refractivity contribution in [2.24, 2.45) is 5.73 Å². The topological polar surface area (TPSA) is 252 Å². The van der Waals surface area contributed by atoms with E-state index in [4.69, 9.17) is 35.0 Å². The number of carbonyl (C=O) groups is 7. The molecule has 2 amide bonds. The van der Waals surface area contributed by atoms with E-state index in [1.165, 1.54) is 6.92 Å². The standard InChI is InChI=1S/C26H35F3N4O8.2C2HF3O2/c1-4-40-23(35)11-20(26(39)41-5-2)31-13(3)24(36)33-12-16(9-21(33)25(37)38)32-22(34)8-15(30)6-14-7-18(28)19(29)10-17(14)27;2*3-2(4,5)1(6)7/h7,10,13,15-16,20-21,31H,4-6,8-9,11-12,30H2,1-3H3,(H,32,34)(H,37,38);2*(H,6,7)/t13-,15+,16-,20?,21-;;/m0../s1. The summed E-state index contributed by atoms with van der Waals surface area (Å²) in [4.78, 5) is 80.7. The van der Waals surface area contributed by atoms with Gasteiger partial charge in [0, 0.05) is 37.5 Å². The Labute approximate surface area is 305 Å². The first-order valence-electron chi connectivity index (χ1n) is 15.6. The molecule has 312 valence electrons. The number of aliphatic carboxylic acids is 3. The molecule has 16 nitrogen and oxygen atoms in total. The van der Waals surface area contributed by atoms with Gasteiger partial charge in [0.05, 0.1) is 25.7 Å². The number of nitrogens with zero attached hydrogens (tertiary/aromatic N) is 1. The maximum Gasteiger partial charge on any atom is 0.490 e. The summed E-state index contributed by atoms with van der Waals surface area (Å²) in [5, 5.41) is 29.2. The van der Waals surface area contributed by atoms with Crippen molar-refractivity contribution in [3.8, 4) is 0 Å². The number of carboxylic acids is 3. The fourth-order valence-corrected chi connectivity index (χ4v) is 4.48. The minimum atomic E-state index is -5.08. The van der Waals surface area contributed by atoms with Gasteiger partial charge in [-0.3, -0.25) is 24.5 Å². The van der Waals surface area contributed by atoms with E-state index >= 15 is 0 Å². The van der Waals surface area contributed by atoms with E-state index in [0.717, 1.165) is 4.90 Å². The lowest BCUT2D eigenvalue weighted by Gasteiger charge is -2.27. The van der Waals surface area contributed by atoms with Crippen molar-refractivity contribution in [3.05, 3.63) is 35.1 Å². The molecule has 2 rings (SSSR count). The largest absolute Gasteiger partial charge is 0.490 e.